The smallest absolute Gasteiger partial charge is 0.253 e. The second-order valence-corrected chi connectivity index (χ2v) is 7.22. The van der Waals surface area contributed by atoms with E-state index in [0.717, 1.165) is 16.3 Å². The van der Waals surface area contributed by atoms with Gasteiger partial charge in [0.15, 0.2) is 0 Å². The molecule has 0 bridgehead atoms. The minimum Gasteiger partial charge on any atom is -0.390 e. The van der Waals surface area contributed by atoms with E-state index in [2.05, 4.69) is 15.1 Å². The minimum absolute atomic E-state index is 0.300. The lowest BCUT2D eigenvalue weighted by atomic mass is 10.4. The number of aryl methyl sites for hydroxylation is 2. The number of hydrogen-bond donors (Lipinski definition) is 1. The van der Waals surface area contributed by atoms with Crippen molar-refractivity contribution in [2.45, 2.75) is 31.7 Å². The van der Waals surface area contributed by atoms with Crippen LogP contribution >= 0.6 is 23.1 Å². The van der Waals surface area contributed by atoms with Crippen molar-refractivity contribution < 1.29 is 9.84 Å². The first kappa shape index (κ1) is 16.4. The van der Waals surface area contributed by atoms with Crippen LogP contribution in [0.2, 0.25) is 0 Å². The average Bonchev–Trinajstić information content (AvgIpc) is 3.14. The van der Waals surface area contributed by atoms with E-state index in [1.807, 2.05) is 37.4 Å². The Hall–Kier alpha value is -1.48. The summed E-state index contributed by atoms with van der Waals surface area (Å²) in [5.74, 6) is 1.08. The molecule has 3 heterocycles. The molecule has 6 nitrogen and oxygen atoms in total. The number of thioether (sulfide) groups is 1. The van der Waals surface area contributed by atoms with Crippen molar-refractivity contribution in [1.82, 2.24) is 19.6 Å². The Kier molecular flexibility index (Phi) is 5.27. The van der Waals surface area contributed by atoms with Crippen LogP contribution < -0.4 is 0 Å². The first-order valence-corrected chi connectivity index (χ1v) is 9.10. The summed E-state index contributed by atoms with van der Waals surface area (Å²) < 4.78 is 7.23. The SMILES string of the molecule is Cc1cc(C)n2nc(SC[C@@H](O)COCc3cccs3)nc2n1. The number of hydrogen-bond acceptors (Lipinski definition) is 7. The van der Waals surface area contributed by atoms with Crippen LogP contribution in [-0.2, 0) is 11.3 Å². The van der Waals surface area contributed by atoms with Crippen molar-refractivity contribution >= 4 is 28.9 Å². The summed E-state index contributed by atoms with van der Waals surface area (Å²) >= 11 is 3.05. The van der Waals surface area contributed by atoms with Crippen molar-refractivity contribution in [3.63, 3.8) is 0 Å². The largest absolute Gasteiger partial charge is 0.390 e. The Labute approximate surface area is 142 Å². The molecule has 0 amide bonds. The van der Waals surface area contributed by atoms with Gasteiger partial charge in [-0.05, 0) is 31.4 Å². The summed E-state index contributed by atoms with van der Waals surface area (Å²) in [6.07, 6.45) is -0.553. The van der Waals surface area contributed by atoms with Gasteiger partial charge in [-0.2, -0.15) is 4.98 Å². The van der Waals surface area contributed by atoms with Gasteiger partial charge in [-0.3, -0.25) is 0 Å². The number of thiophene rings is 1. The molecule has 0 radical (unpaired) electrons. The molecule has 8 heteroatoms. The van der Waals surface area contributed by atoms with Gasteiger partial charge >= 0.3 is 0 Å². The van der Waals surface area contributed by atoms with E-state index in [0.29, 0.717) is 29.9 Å². The highest BCUT2D eigenvalue weighted by atomic mass is 32.2. The van der Waals surface area contributed by atoms with E-state index >= 15 is 0 Å². The molecule has 3 aromatic heterocycles. The molecular weight excluding hydrogens is 332 g/mol. The zero-order chi connectivity index (χ0) is 16.2. The molecule has 3 aromatic rings. The predicted molar refractivity (Wildman–Crippen MR) is 91.0 cm³/mol. The second kappa shape index (κ2) is 7.39. The lowest BCUT2D eigenvalue weighted by molar-refractivity contribution is 0.0409. The van der Waals surface area contributed by atoms with Crippen molar-refractivity contribution in [3.8, 4) is 0 Å². The first-order chi connectivity index (χ1) is 11.1. The molecule has 0 fully saturated rings. The number of fused-ring (bicyclic) bond motifs is 1. The van der Waals surface area contributed by atoms with Crippen LogP contribution in [0.15, 0.2) is 28.7 Å². The van der Waals surface area contributed by atoms with E-state index in [1.54, 1.807) is 15.9 Å². The number of ether oxygens (including phenoxy) is 1. The first-order valence-electron chi connectivity index (χ1n) is 7.24. The number of rotatable bonds is 7. The molecule has 0 saturated carbocycles. The molecule has 1 N–H and O–H groups in total. The highest BCUT2D eigenvalue weighted by Crippen LogP contribution is 2.17. The van der Waals surface area contributed by atoms with Crippen LogP contribution in [-0.4, -0.2) is 43.2 Å². The maximum absolute atomic E-state index is 9.99. The van der Waals surface area contributed by atoms with Gasteiger partial charge in [0.05, 0.1) is 19.3 Å². The normalized spacial score (nSPS) is 12.8. The summed E-state index contributed by atoms with van der Waals surface area (Å²) in [4.78, 5) is 9.89. The zero-order valence-corrected chi connectivity index (χ0v) is 14.6. The molecule has 0 aliphatic heterocycles. The van der Waals surface area contributed by atoms with E-state index < -0.39 is 6.10 Å². The molecule has 23 heavy (non-hydrogen) atoms. The molecule has 0 spiro atoms. The fraction of sp³-hybridized carbons (Fsp3) is 0.400. The van der Waals surface area contributed by atoms with E-state index in [-0.39, 0.29) is 0 Å². The van der Waals surface area contributed by atoms with Gasteiger partial charge in [-0.1, -0.05) is 17.8 Å². The lowest BCUT2D eigenvalue weighted by Crippen LogP contribution is -2.17. The highest BCUT2D eigenvalue weighted by molar-refractivity contribution is 7.99. The summed E-state index contributed by atoms with van der Waals surface area (Å²) in [6, 6.07) is 5.97. The molecule has 0 aromatic carbocycles. The van der Waals surface area contributed by atoms with Crippen LogP contribution in [0.25, 0.3) is 5.78 Å². The summed E-state index contributed by atoms with van der Waals surface area (Å²) in [5, 5.41) is 17.0. The summed E-state index contributed by atoms with van der Waals surface area (Å²) in [6.45, 7) is 4.74. The maximum Gasteiger partial charge on any atom is 0.253 e. The van der Waals surface area contributed by atoms with Crippen LogP contribution in [0.5, 0.6) is 0 Å². The van der Waals surface area contributed by atoms with Gasteiger partial charge in [-0.25, -0.2) is 9.50 Å². The maximum atomic E-state index is 9.99. The number of aliphatic hydroxyl groups is 1. The van der Waals surface area contributed by atoms with E-state index in [9.17, 15) is 5.11 Å². The van der Waals surface area contributed by atoms with Gasteiger partial charge in [-0.15, -0.1) is 16.4 Å². The number of nitrogens with zero attached hydrogens (tertiary/aromatic N) is 4. The lowest BCUT2D eigenvalue weighted by Gasteiger charge is -2.09. The third-order valence-corrected chi connectivity index (χ3v) is 4.97. The van der Waals surface area contributed by atoms with Gasteiger partial charge in [0, 0.05) is 22.0 Å². The van der Waals surface area contributed by atoms with Crippen LogP contribution in [0, 0.1) is 13.8 Å². The quantitative estimate of drug-likeness (QED) is 0.660. The van der Waals surface area contributed by atoms with Crippen molar-refractivity contribution in [2.24, 2.45) is 0 Å². The third kappa shape index (κ3) is 4.29. The third-order valence-electron chi connectivity index (χ3n) is 3.14. The average molecular weight is 350 g/mol. The Balaban J connectivity index is 1.50. The molecule has 1 atom stereocenters. The Morgan fingerprint density at radius 2 is 2.26 bits per heavy atom. The van der Waals surface area contributed by atoms with Crippen molar-refractivity contribution in [3.05, 3.63) is 39.8 Å². The number of aromatic nitrogens is 4. The number of aliphatic hydroxyl groups excluding tert-OH is 1. The van der Waals surface area contributed by atoms with Crippen molar-refractivity contribution in [2.75, 3.05) is 12.4 Å². The summed E-state index contributed by atoms with van der Waals surface area (Å²) in [5.41, 5.74) is 1.91. The Morgan fingerprint density at radius 1 is 1.39 bits per heavy atom. The Morgan fingerprint density at radius 3 is 3.04 bits per heavy atom. The van der Waals surface area contributed by atoms with Gasteiger partial charge in [0.25, 0.3) is 5.78 Å². The van der Waals surface area contributed by atoms with Gasteiger partial charge < -0.3 is 9.84 Å². The fourth-order valence-electron chi connectivity index (χ4n) is 2.12. The van der Waals surface area contributed by atoms with E-state index in [4.69, 9.17) is 4.74 Å². The molecule has 0 unspecified atom stereocenters. The van der Waals surface area contributed by atoms with Gasteiger partial charge in [0.1, 0.15) is 0 Å². The van der Waals surface area contributed by atoms with Crippen LogP contribution in [0.1, 0.15) is 16.3 Å². The van der Waals surface area contributed by atoms with Crippen LogP contribution in [0.3, 0.4) is 0 Å². The molecule has 3 rings (SSSR count). The monoisotopic (exact) mass is 350 g/mol. The molecular formula is C15H18N4O2S2. The fourth-order valence-corrected chi connectivity index (χ4v) is 3.48. The zero-order valence-electron chi connectivity index (χ0n) is 13.0. The molecule has 0 aliphatic rings. The van der Waals surface area contributed by atoms with Crippen LogP contribution in [0.4, 0.5) is 0 Å². The molecule has 0 aliphatic carbocycles. The van der Waals surface area contributed by atoms with Crippen molar-refractivity contribution in [1.29, 1.82) is 0 Å². The molecule has 122 valence electrons. The minimum atomic E-state index is -0.553. The topological polar surface area (TPSA) is 72.5 Å². The predicted octanol–water partition coefficient (Wildman–Crippen LogP) is 2.47. The second-order valence-electron chi connectivity index (χ2n) is 5.20. The Bertz CT molecular complexity index is 773. The van der Waals surface area contributed by atoms with Gasteiger partial charge in [0.2, 0.25) is 5.16 Å². The summed E-state index contributed by atoms with van der Waals surface area (Å²) in [7, 11) is 0. The van der Waals surface area contributed by atoms with E-state index in [1.165, 1.54) is 11.8 Å². The molecule has 0 saturated heterocycles. The standard InChI is InChI=1S/C15H18N4O2S2/c1-10-6-11(2)19-14(16-10)17-15(18-19)23-9-12(20)7-21-8-13-4-3-5-22-13/h3-6,12,20H,7-9H2,1-2H3/t12-/m0/s1. The highest BCUT2D eigenvalue weighted by Gasteiger charge is 2.11.